The van der Waals surface area contributed by atoms with Crippen LogP contribution in [0.4, 0.5) is 0 Å². The van der Waals surface area contributed by atoms with Gasteiger partial charge < -0.3 is 97.4 Å². The number of rotatable bonds is 29. The SMILES string of the molecule is CCCCCCCC(=O)N[C@@H](CCN)C(=O)N[C@H](C(=O)N[C@@H](CCN)C(=O)N[C@H]1CCNC(=O)[C@H](CO)NC(=O)[C@H](CCN)NC(=O)[C@H](CCN)NC(=O)[C@H](CCC)NC(=O)[C@@H](CC(C)C)NC(=O)[C@H](CCN)NC1=O)[C@@H](C)O. The number of nitrogens with two attached hydrogens (primary N) is 5. The lowest BCUT2D eigenvalue weighted by atomic mass is 10.0. The van der Waals surface area contributed by atoms with Gasteiger partial charge in [-0.2, -0.15) is 0 Å². The predicted octanol–water partition coefficient (Wildman–Crippen LogP) is -6.32. The van der Waals surface area contributed by atoms with Crippen LogP contribution >= 0.6 is 0 Å². The molecule has 1 aliphatic rings. The van der Waals surface area contributed by atoms with Crippen LogP contribution in [0.2, 0.25) is 0 Å². The Labute approximate surface area is 463 Å². The molecule has 0 aliphatic carbocycles. The van der Waals surface area contributed by atoms with Crippen molar-refractivity contribution < 1.29 is 63.0 Å². The molecule has 79 heavy (non-hydrogen) atoms. The molecular formula is C50H94N16O13. The molecule has 0 radical (unpaired) electrons. The molecule has 11 amide bonds. The van der Waals surface area contributed by atoms with Crippen LogP contribution in [0.5, 0.6) is 0 Å². The Bertz CT molecular complexity index is 1970. The third-order valence-corrected chi connectivity index (χ3v) is 12.8. The van der Waals surface area contributed by atoms with Gasteiger partial charge in [-0.15, -0.1) is 0 Å². The molecule has 11 atom stereocenters. The zero-order valence-corrected chi connectivity index (χ0v) is 46.8. The predicted molar refractivity (Wildman–Crippen MR) is 292 cm³/mol. The fourth-order valence-corrected chi connectivity index (χ4v) is 8.35. The minimum Gasteiger partial charge on any atom is -0.394 e. The number of aliphatic hydroxyl groups excluding tert-OH is 2. The largest absolute Gasteiger partial charge is 0.394 e. The van der Waals surface area contributed by atoms with E-state index in [0.717, 1.165) is 25.7 Å². The zero-order valence-electron chi connectivity index (χ0n) is 46.8. The van der Waals surface area contributed by atoms with Gasteiger partial charge >= 0.3 is 0 Å². The number of carbonyl (C=O) groups is 11. The van der Waals surface area contributed by atoms with E-state index in [1.807, 2.05) is 0 Å². The van der Waals surface area contributed by atoms with Gasteiger partial charge in [0, 0.05) is 13.0 Å². The van der Waals surface area contributed by atoms with Crippen molar-refractivity contribution in [2.45, 2.75) is 197 Å². The molecule has 0 aromatic carbocycles. The van der Waals surface area contributed by atoms with E-state index in [1.54, 1.807) is 20.8 Å². The van der Waals surface area contributed by atoms with Crippen LogP contribution in [0.15, 0.2) is 0 Å². The molecule has 0 saturated carbocycles. The van der Waals surface area contributed by atoms with E-state index in [4.69, 9.17) is 28.7 Å². The van der Waals surface area contributed by atoms with Gasteiger partial charge in [0.2, 0.25) is 65.0 Å². The number of carbonyl (C=O) groups excluding carboxylic acids is 11. The molecule has 0 unspecified atom stereocenters. The summed E-state index contributed by atoms with van der Waals surface area (Å²) >= 11 is 0. The highest BCUT2D eigenvalue weighted by Gasteiger charge is 2.37. The summed E-state index contributed by atoms with van der Waals surface area (Å²) in [6.45, 7) is 6.54. The third-order valence-electron chi connectivity index (χ3n) is 12.8. The summed E-state index contributed by atoms with van der Waals surface area (Å²) in [4.78, 5) is 151. The van der Waals surface area contributed by atoms with E-state index >= 15 is 0 Å². The Balaban J connectivity index is 3.75. The second-order valence-electron chi connectivity index (χ2n) is 20.1. The molecule has 0 spiro atoms. The molecule has 29 heteroatoms. The van der Waals surface area contributed by atoms with Gasteiger partial charge in [0.1, 0.15) is 60.4 Å². The van der Waals surface area contributed by atoms with Crippen LogP contribution in [0.1, 0.15) is 131 Å². The average Bonchev–Trinajstić information content (AvgIpc) is 3.39. The van der Waals surface area contributed by atoms with E-state index in [-0.39, 0.29) is 90.0 Å². The zero-order chi connectivity index (χ0) is 59.6. The first-order valence-corrected chi connectivity index (χ1v) is 27.7. The number of nitrogens with one attached hydrogen (secondary N) is 11. The second-order valence-corrected chi connectivity index (χ2v) is 20.1. The Morgan fingerprint density at radius 1 is 0.532 bits per heavy atom. The Hall–Kier alpha value is -6.11. The molecule has 0 aromatic rings. The summed E-state index contributed by atoms with van der Waals surface area (Å²) in [6, 6.07) is -14.4. The number of hydrogen-bond donors (Lipinski definition) is 18. The van der Waals surface area contributed by atoms with Gasteiger partial charge in [0.25, 0.3) is 0 Å². The van der Waals surface area contributed by atoms with Crippen molar-refractivity contribution in [1.82, 2.24) is 58.5 Å². The second kappa shape index (κ2) is 39.3. The summed E-state index contributed by atoms with van der Waals surface area (Å²) < 4.78 is 0. The van der Waals surface area contributed by atoms with Gasteiger partial charge in [0.15, 0.2) is 0 Å². The molecule has 0 aromatic heterocycles. The minimum atomic E-state index is -1.69. The Morgan fingerprint density at radius 3 is 1.44 bits per heavy atom. The van der Waals surface area contributed by atoms with Gasteiger partial charge in [0.05, 0.1) is 12.7 Å². The summed E-state index contributed by atoms with van der Waals surface area (Å²) in [7, 11) is 0. The van der Waals surface area contributed by atoms with Crippen LogP contribution in [-0.2, 0) is 52.7 Å². The highest BCUT2D eigenvalue weighted by atomic mass is 16.3. The molecule has 1 heterocycles. The van der Waals surface area contributed by atoms with Gasteiger partial charge in [-0.25, -0.2) is 0 Å². The molecule has 1 aliphatic heterocycles. The average molecular weight is 1130 g/mol. The molecule has 1 saturated heterocycles. The molecular weight excluding hydrogens is 1030 g/mol. The van der Waals surface area contributed by atoms with E-state index in [1.165, 1.54) is 6.92 Å². The normalized spacial score (nSPS) is 22.9. The van der Waals surface area contributed by atoms with Crippen molar-refractivity contribution in [3.05, 3.63) is 0 Å². The van der Waals surface area contributed by atoms with Crippen molar-refractivity contribution in [3.8, 4) is 0 Å². The van der Waals surface area contributed by atoms with E-state index in [2.05, 4.69) is 65.4 Å². The Kier molecular flexibility index (Phi) is 35.3. The molecule has 23 N–H and O–H groups in total. The number of unbranched alkanes of at least 4 members (excludes halogenated alkanes) is 4. The fourth-order valence-electron chi connectivity index (χ4n) is 8.35. The maximum atomic E-state index is 14.3. The quantitative estimate of drug-likeness (QED) is 0.0310. The summed E-state index contributed by atoms with van der Waals surface area (Å²) in [5.74, 6) is -9.75. The molecule has 452 valence electrons. The lowest BCUT2D eigenvalue weighted by Gasteiger charge is -2.29. The van der Waals surface area contributed by atoms with Crippen molar-refractivity contribution >= 4 is 65.0 Å². The van der Waals surface area contributed by atoms with Crippen molar-refractivity contribution in [2.24, 2.45) is 34.6 Å². The maximum Gasteiger partial charge on any atom is 0.245 e. The number of hydrogen-bond acceptors (Lipinski definition) is 18. The lowest BCUT2D eigenvalue weighted by Crippen LogP contribution is -2.62. The van der Waals surface area contributed by atoms with Crippen LogP contribution in [0, 0.1) is 5.92 Å². The molecule has 29 nitrogen and oxygen atoms in total. The molecule has 1 fully saturated rings. The Morgan fingerprint density at radius 2 is 0.987 bits per heavy atom. The minimum absolute atomic E-state index is 0.00855. The first-order valence-electron chi connectivity index (χ1n) is 27.7. The standard InChI is InChI=1S/C50H94N16O13/c1-6-8-9-10-11-13-39(69)57-31(14-20-51)48(77)66-40(29(5)68)50(79)63-35(18-24-55)44(73)62-36-19-25-56-41(70)38(27-67)65-46(75)34(17-23-54)60-43(72)32(15-21-52)59-42(71)30(12-7-2)58-49(78)37(26-28(3)4)64-45(74)33(16-22-53)61-47(36)76/h28-38,40,67-68H,6-27,51-55H2,1-5H3,(H,56,70)(H,57,69)(H,58,78)(H,59,71)(H,60,72)(H,61,76)(H,62,73)(H,63,79)(H,64,74)(H,65,75)(H,66,77)/t29-,30+,31+,32+,33+,34+,35+,36+,37-,38+,40+/m1/s1. The third kappa shape index (κ3) is 26.6. The molecule has 1 rings (SSSR count). The first kappa shape index (κ1) is 70.9. The maximum absolute atomic E-state index is 14.3. The van der Waals surface area contributed by atoms with Crippen molar-refractivity contribution in [2.75, 3.05) is 45.9 Å². The van der Waals surface area contributed by atoms with Crippen LogP contribution in [0.25, 0.3) is 0 Å². The highest BCUT2D eigenvalue weighted by molar-refractivity contribution is 5.99. The summed E-state index contributed by atoms with van der Waals surface area (Å²) in [5, 5.41) is 48.7. The summed E-state index contributed by atoms with van der Waals surface area (Å²) in [6.07, 6.45) is 2.33. The topological polar surface area (TPSA) is 491 Å². The van der Waals surface area contributed by atoms with Crippen molar-refractivity contribution in [1.29, 1.82) is 0 Å². The number of amides is 11. The summed E-state index contributed by atoms with van der Waals surface area (Å²) in [5.41, 5.74) is 29.1. The van der Waals surface area contributed by atoms with E-state index in [0.29, 0.717) is 12.8 Å². The highest BCUT2D eigenvalue weighted by Crippen LogP contribution is 2.11. The lowest BCUT2D eigenvalue weighted by molar-refractivity contribution is -0.137. The number of aliphatic hydroxyl groups is 2. The monoisotopic (exact) mass is 1130 g/mol. The van der Waals surface area contributed by atoms with Gasteiger partial charge in [-0.3, -0.25) is 52.7 Å². The smallest absolute Gasteiger partial charge is 0.245 e. The van der Waals surface area contributed by atoms with E-state index in [9.17, 15) is 63.0 Å². The van der Waals surface area contributed by atoms with Crippen LogP contribution in [-0.4, -0.2) is 188 Å². The van der Waals surface area contributed by atoms with E-state index < -0.39 is 151 Å². The van der Waals surface area contributed by atoms with Gasteiger partial charge in [-0.1, -0.05) is 59.8 Å². The van der Waals surface area contributed by atoms with Gasteiger partial charge in [-0.05, 0) is 103 Å². The fraction of sp³-hybridized carbons (Fsp3) is 0.780. The van der Waals surface area contributed by atoms with Crippen LogP contribution in [0.3, 0.4) is 0 Å². The molecule has 0 bridgehead atoms. The first-order chi connectivity index (χ1) is 37.5. The van der Waals surface area contributed by atoms with Crippen molar-refractivity contribution in [3.63, 3.8) is 0 Å². The van der Waals surface area contributed by atoms with Crippen LogP contribution < -0.4 is 87.2 Å².